The van der Waals surface area contributed by atoms with Gasteiger partial charge in [0.05, 0.1) is 13.7 Å². The Hall–Kier alpha value is -1.06. The Morgan fingerprint density at radius 3 is 2.33 bits per heavy atom. The molecule has 1 aromatic carbocycles. The molecule has 0 aromatic heterocycles. The van der Waals surface area contributed by atoms with Crippen LogP contribution in [0.4, 0.5) is 0 Å². The molecule has 0 fully saturated rings. The van der Waals surface area contributed by atoms with Crippen LogP contribution in [0.2, 0.25) is 0 Å². The maximum absolute atomic E-state index is 8.98. The summed E-state index contributed by atoms with van der Waals surface area (Å²) in [6, 6.07) is 7.91. The molecule has 0 aliphatic rings. The number of aliphatic hydroxyl groups is 1. The molecule has 3 nitrogen and oxygen atoms in total. The molecule has 0 aliphatic heterocycles. The number of ether oxygens (including phenoxy) is 2. The Balaban J connectivity index is 2.24. The molecular formula is C15H24O3. The number of aliphatic hydroxyl groups excluding tert-OH is 1. The number of methoxy groups -OCH3 is 1. The van der Waals surface area contributed by atoms with Gasteiger partial charge in [-0.2, -0.15) is 0 Å². The average molecular weight is 252 g/mol. The van der Waals surface area contributed by atoms with Crippen LogP contribution in [-0.2, 0) is 11.3 Å². The van der Waals surface area contributed by atoms with Gasteiger partial charge in [-0.3, -0.25) is 0 Å². The van der Waals surface area contributed by atoms with E-state index in [1.807, 2.05) is 24.3 Å². The van der Waals surface area contributed by atoms with Gasteiger partial charge < -0.3 is 14.6 Å². The van der Waals surface area contributed by atoms with Crippen molar-refractivity contribution in [3.63, 3.8) is 0 Å². The zero-order valence-electron chi connectivity index (χ0n) is 11.6. The van der Waals surface area contributed by atoms with Gasteiger partial charge in [0.2, 0.25) is 0 Å². The molecule has 2 atom stereocenters. The van der Waals surface area contributed by atoms with Crippen molar-refractivity contribution < 1.29 is 14.6 Å². The van der Waals surface area contributed by atoms with E-state index in [1.165, 1.54) is 0 Å². The van der Waals surface area contributed by atoms with Crippen LogP contribution in [0.5, 0.6) is 5.75 Å². The minimum Gasteiger partial charge on any atom is -0.497 e. The van der Waals surface area contributed by atoms with Crippen LogP contribution in [0.1, 0.15) is 25.8 Å². The highest BCUT2D eigenvalue weighted by Gasteiger charge is 2.08. The highest BCUT2D eigenvalue weighted by atomic mass is 16.5. The minimum atomic E-state index is 0.253. The third kappa shape index (κ3) is 5.52. The maximum atomic E-state index is 8.98. The molecule has 0 saturated heterocycles. The fourth-order valence-electron chi connectivity index (χ4n) is 1.93. The molecule has 0 saturated carbocycles. The van der Waals surface area contributed by atoms with Gasteiger partial charge in [-0.15, -0.1) is 0 Å². The minimum absolute atomic E-state index is 0.253. The summed E-state index contributed by atoms with van der Waals surface area (Å²) in [6.07, 6.45) is 0.999. The van der Waals surface area contributed by atoms with Crippen molar-refractivity contribution in [2.24, 2.45) is 11.8 Å². The largest absolute Gasteiger partial charge is 0.497 e. The molecule has 1 N–H and O–H groups in total. The van der Waals surface area contributed by atoms with Gasteiger partial charge in [-0.05, 0) is 36.0 Å². The first-order chi connectivity index (χ1) is 8.65. The number of benzene rings is 1. The Kier molecular flexibility index (Phi) is 6.76. The third-order valence-electron chi connectivity index (χ3n) is 2.95. The van der Waals surface area contributed by atoms with E-state index >= 15 is 0 Å². The Morgan fingerprint density at radius 2 is 1.78 bits per heavy atom. The summed E-state index contributed by atoms with van der Waals surface area (Å²) < 4.78 is 10.8. The van der Waals surface area contributed by atoms with Crippen molar-refractivity contribution >= 4 is 0 Å². The van der Waals surface area contributed by atoms with Crippen LogP contribution < -0.4 is 4.74 Å². The highest BCUT2D eigenvalue weighted by molar-refractivity contribution is 5.26. The number of hydrogen-bond acceptors (Lipinski definition) is 3. The van der Waals surface area contributed by atoms with Gasteiger partial charge in [0, 0.05) is 13.2 Å². The van der Waals surface area contributed by atoms with Crippen LogP contribution in [0, 0.1) is 11.8 Å². The third-order valence-corrected chi connectivity index (χ3v) is 2.95. The molecule has 0 unspecified atom stereocenters. The molecule has 0 amide bonds. The molecule has 18 heavy (non-hydrogen) atoms. The van der Waals surface area contributed by atoms with Gasteiger partial charge in [0.1, 0.15) is 5.75 Å². The fourth-order valence-corrected chi connectivity index (χ4v) is 1.93. The molecule has 1 aromatic rings. The second kappa shape index (κ2) is 8.11. The molecule has 0 bridgehead atoms. The van der Waals surface area contributed by atoms with Crippen LogP contribution in [0.15, 0.2) is 24.3 Å². The summed E-state index contributed by atoms with van der Waals surface area (Å²) in [5.41, 5.74) is 1.15. The lowest BCUT2D eigenvalue weighted by Crippen LogP contribution is -2.12. The normalized spacial score (nSPS) is 14.2. The lowest BCUT2D eigenvalue weighted by Gasteiger charge is -2.15. The Labute approximate surface area is 110 Å². The summed E-state index contributed by atoms with van der Waals surface area (Å²) in [5, 5.41) is 8.98. The first kappa shape index (κ1) is 15.0. The maximum Gasteiger partial charge on any atom is 0.118 e. The molecule has 0 heterocycles. The summed E-state index contributed by atoms with van der Waals surface area (Å²) in [4.78, 5) is 0. The van der Waals surface area contributed by atoms with Crippen molar-refractivity contribution in [1.82, 2.24) is 0 Å². The lowest BCUT2D eigenvalue weighted by molar-refractivity contribution is 0.0800. The second-order valence-corrected chi connectivity index (χ2v) is 4.99. The van der Waals surface area contributed by atoms with E-state index in [2.05, 4.69) is 13.8 Å². The van der Waals surface area contributed by atoms with E-state index in [4.69, 9.17) is 14.6 Å². The van der Waals surface area contributed by atoms with Crippen LogP contribution >= 0.6 is 0 Å². The van der Waals surface area contributed by atoms with E-state index in [9.17, 15) is 0 Å². The fraction of sp³-hybridized carbons (Fsp3) is 0.600. The highest BCUT2D eigenvalue weighted by Crippen LogP contribution is 2.14. The van der Waals surface area contributed by atoms with Gasteiger partial charge in [0.15, 0.2) is 0 Å². The summed E-state index contributed by atoms with van der Waals surface area (Å²) >= 11 is 0. The SMILES string of the molecule is COc1ccc(COC[C@@H](C)C[C@@H](C)CO)cc1. The van der Waals surface area contributed by atoms with Gasteiger partial charge in [0.25, 0.3) is 0 Å². The molecule has 1 rings (SSSR count). The Morgan fingerprint density at radius 1 is 1.11 bits per heavy atom. The van der Waals surface area contributed by atoms with Crippen molar-refractivity contribution in [1.29, 1.82) is 0 Å². The monoisotopic (exact) mass is 252 g/mol. The zero-order valence-corrected chi connectivity index (χ0v) is 11.6. The van der Waals surface area contributed by atoms with Gasteiger partial charge in [-0.25, -0.2) is 0 Å². The van der Waals surface area contributed by atoms with Gasteiger partial charge >= 0.3 is 0 Å². The van der Waals surface area contributed by atoms with E-state index in [0.29, 0.717) is 18.4 Å². The summed E-state index contributed by atoms with van der Waals surface area (Å²) in [7, 11) is 1.66. The van der Waals surface area contributed by atoms with Crippen molar-refractivity contribution in [2.75, 3.05) is 20.3 Å². The van der Waals surface area contributed by atoms with Crippen LogP contribution in [0.3, 0.4) is 0 Å². The predicted molar refractivity (Wildman–Crippen MR) is 72.7 cm³/mol. The standard InChI is InChI=1S/C15H24O3/c1-12(9-16)8-13(2)10-18-11-14-4-6-15(17-3)7-5-14/h4-7,12-13,16H,8-11H2,1-3H3/t12-,13+/m1/s1. The molecule has 0 spiro atoms. The molecular weight excluding hydrogens is 228 g/mol. The van der Waals surface area contributed by atoms with E-state index in [0.717, 1.165) is 24.3 Å². The summed E-state index contributed by atoms with van der Waals surface area (Å²) in [6.45, 7) is 5.82. The summed E-state index contributed by atoms with van der Waals surface area (Å²) in [5.74, 6) is 1.69. The first-order valence-electron chi connectivity index (χ1n) is 6.47. The predicted octanol–water partition coefficient (Wildman–Crippen LogP) is 2.87. The van der Waals surface area contributed by atoms with E-state index < -0.39 is 0 Å². The lowest BCUT2D eigenvalue weighted by atomic mass is 9.99. The van der Waals surface area contributed by atoms with Crippen molar-refractivity contribution in [3.05, 3.63) is 29.8 Å². The zero-order chi connectivity index (χ0) is 13.4. The quantitative estimate of drug-likeness (QED) is 0.773. The average Bonchev–Trinajstić information content (AvgIpc) is 2.39. The van der Waals surface area contributed by atoms with E-state index in [-0.39, 0.29) is 6.61 Å². The molecule has 3 heteroatoms. The van der Waals surface area contributed by atoms with Crippen molar-refractivity contribution in [2.45, 2.75) is 26.9 Å². The smallest absolute Gasteiger partial charge is 0.118 e. The van der Waals surface area contributed by atoms with Crippen molar-refractivity contribution in [3.8, 4) is 5.75 Å². The van der Waals surface area contributed by atoms with Crippen LogP contribution in [-0.4, -0.2) is 25.4 Å². The first-order valence-corrected chi connectivity index (χ1v) is 6.47. The number of rotatable bonds is 8. The molecule has 0 aliphatic carbocycles. The second-order valence-electron chi connectivity index (χ2n) is 4.99. The molecule has 102 valence electrons. The Bertz CT molecular complexity index is 321. The van der Waals surface area contributed by atoms with E-state index in [1.54, 1.807) is 7.11 Å². The van der Waals surface area contributed by atoms with Gasteiger partial charge in [-0.1, -0.05) is 26.0 Å². The molecule has 0 radical (unpaired) electrons. The number of hydrogen-bond donors (Lipinski definition) is 1. The topological polar surface area (TPSA) is 38.7 Å². The van der Waals surface area contributed by atoms with Crippen LogP contribution in [0.25, 0.3) is 0 Å².